The second-order valence-corrected chi connectivity index (χ2v) is 4.70. The normalized spacial score (nSPS) is 10.4. The highest BCUT2D eigenvalue weighted by Crippen LogP contribution is 2.36. The number of aryl methyl sites for hydroxylation is 1. The SMILES string of the molecule is CCOc1cc(Oc2cc(C)ccc2Cl)c(N)cc1F. The molecule has 106 valence electrons. The zero-order valence-corrected chi connectivity index (χ0v) is 12.0. The van der Waals surface area contributed by atoms with E-state index in [4.69, 9.17) is 26.8 Å². The molecular formula is C15H15ClFNO2. The fourth-order valence-corrected chi connectivity index (χ4v) is 1.87. The minimum atomic E-state index is -0.521. The maximum Gasteiger partial charge on any atom is 0.167 e. The van der Waals surface area contributed by atoms with Crippen LogP contribution in [0.15, 0.2) is 30.3 Å². The minimum Gasteiger partial charge on any atom is -0.491 e. The Morgan fingerprint density at radius 1 is 1.15 bits per heavy atom. The molecule has 2 N–H and O–H groups in total. The van der Waals surface area contributed by atoms with E-state index in [0.29, 0.717) is 23.1 Å². The van der Waals surface area contributed by atoms with Gasteiger partial charge in [0.05, 0.1) is 17.3 Å². The van der Waals surface area contributed by atoms with Gasteiger partial charge >= 0.3 is 0 Å². The van der Waals surface area contributed by atoms with Crippen molar-refractivity contribution in [2.24, 2.45) is 0 Å². The highest BCUT2D eigenvalue weighted by atomic mass is 35.5. The molecule has 5 heteroatoms. The molecule has 2 rings (SSSR count). The molecule has 0 unspecified atom stereocenters. The first kappa shape index (κ1) is 14.5. The van der Waals surface area contributed by atoms with Crippen molar-refractivity contribution in [3.05, 3.63) is 46.7 Å². The van der Waals surface area contributed by atoms with Crippen molar-refractivity contribution in [1.29, 1.82) is 0 Å². The molecule has 3 nitrogen and oxygen atoms in total. The number of anilines is 1. The lowest BCUT2D eigenvalue weighted by Crippen LogP contribution is -1.99. The van der Waals surface area contributed by atoms with E-state index in [9.17, 15) is 4.39 Å². The number of rotatable bonds is 4. The smallest absolute Gasteiger partial charge is 0.167 e. The third-order valence-electron chi connectivity index (χ3n) is 2.67. The Bertz CT molecular complexity index is 632. The molecule has 0 spiro atoms. The molecule has 0 aliphatic carbocycles. The fourth-order valence-electron chi connectivity index (χ4n) is 1.71. The molecule has 20 heavy (non-hydrogen) atoms. The van der Waals surface area contributed by atoms with Gasteiger partial charge in [0.2, 0.25) is 0 Å². The lowest BCUT2D eigenvalue weighted by atomic mass is 10.2. The van der Waals surface area contributed by atoms with Crippen LogP contribution in [0.5, 0.6) is 17.2 Å². The van der Waals surface area contributed by atoms with Gasteiger partial charge in [-0.05, 0) is 31.5 Å². The summed E-state index contributed by atoms with van der Waals surface area (Å²) in [5.41, 5.74) is 6.94. The Labute approximate surface area is 122 Å². The lowest BCUT2D eigenvalue weighted by molar-refractivity contribution is 0.319. The Kier molecular flexibility index (Phi) is 4.35. The monoisotopic (exact) mass is 295 g/mol. The van der Waals surface area contributed by atoms with Crippen molar-refractivity contribution < 1.29 is 13.9 Å². The molecule has 0 atom stereocenters. The van der Waals surface area contributed by atoms with Gasteiger partial charge in [-0.3, -0.25) is 0 Å². The Morgan fingerprint density at radius 3 is 2.60 bits per heavy atom. The van der Waals surface area contributed by atoms with E-state index in [2.05, 4.69) is 0 Å². The summed E-state index contributed by atoms with van der Waals surface area (Å²) in [7, 11) is 0. The summed E-state index contributed by atoms with van der Waals surface area (Å²) in [5, 5.41) is 0.456. The van der Waals surface area contributed by atoms with Gasteiger partial charge < -0.3 is 15.2 Å². The number of halogens is 2. The lowest BCUT2D eigenvalue weighted by Gasteiger charge is -2.13. The largest absolute Gasteiger partial charge is 0.491 e. The molecule has 0 saturated carbocycles. The first-order chi connectivity index (χ1) is 9.51. The van der Waals surface area contributed by atoms with E-state index in [0.717, 1.165) is 5.56 Å². The molecule has 0 fully saturated rings. The summed E-state index contributed by atoms with van der Waals surface area (Å²) >= 11 is 6.06. The van der Waals surface area contributed by atoms with Crippen LogP contribution in [0, 0.1) is 12.7 Å². The van der Waals surface area contributed by atoms with Crippen LogP contribution in [0.1, 0.15) is 12.5 Å². The van der Waals surface area contributed by atoms with Gasteiger partial charge in [0.1, 0.15) is 5.75 Å². The summed E-state index contributed by atoms with van der Waals surface area (Å²) in [6, 6.07) is 7.98. The molecule has 2 aromatic rings. The average Bonchev–Trinajstić information content (AvgIpc) is 2.39. The second-order valence-electron chi connectivity index (χ2n) is 4.29. The molecule has 2 aromatic carbocycles. The van der Waals surface area contributed by atoms with Crippen molar-refractivity contribution in [2.75, 3.05) is 12.3 Å². The van der Waals surface area contributed by atoms with E-state index in [-0.39, 0.29) is 11.4 Å². The number of nitrogens with two attached hydrogens (primary N) is 1. The first-order valence-corrected chi connectivity index (χ1v) is 6.55. The summed E-state index contributed by atoms with van der Waals surface area (Å²) in [4.78, 5) is 0. The summed E-state index contributed by atoms with van der Waals surface area (Å²) in [6.07, 6.45) is 0. The summed E-state index contributed by atoms with van der Waals surface area (Å²) in [5.74, 6) is 0.349. The predicted molar refractivity (Wildman–Crippen MR) is 78.2 cm³/mol. The Morgan fingerprint density at radius 2 is 1.90 bits per heavy atom. The van der Waals surface area contributed by atoms with Crippen LogP contribution in [0.4, 0.5) is 10.1 Å². The van der Waals surface area contributed by atoms with Gasteiger partial charge in [0, 0.05) is 12.1 Å². The first-order valence-electron chi connectivity index (χ1n) is 6.17. The van der Waals surface area contributed by atoms with Crippen LogP contribution in [0.3, 0.4) is 0 Å². The molecule has 0 amide bonds. The number of nitrogen functional groups attached to an aromatic ring is 1. The zero-order chi connectivity index (χ0) is 14.7. The van der Waals surface area contributed by atoms with E-state index in [1.165, 1.54) is 12.1 Å². The standard InChI is InChI=1S/C15H15ClFNO2/c1-3-19-14-8-15(12(18)7-11(14)17)20-13-6-9(2)4-5-10(13)16/h4-8H,3,18H2,1-2H3. The van der Waals surface area contributed by atoms with E-state index in [1.807, 2.05) is 13.0 Å². The van der Waals surface area contributed by atoms with E-state index < -0.39 is 5.82 Å². The van der Waals surface area contributed by atoms with Gasteiger partial charge in [-0.2, -0.15) is 0 Å². The van der Waals surface area contributed by atoms with E-state index in [1.54, 1.807) is 19.1 Å². The van der Waals surface area contributed by atoms with Gasteiger partial charge in [-0.15, -0.1) is 0 Å². The van der Waals surface area contributed by atoms with Gasteiger partial charge in [-0.1, -0.05) is 17.7 Å². The van der Waals surface area contributed by atoms with Gasteiger partial charge in [-0.25, -0.2) is 4.39 Å². The number of hydrogen-bond acceptors (Lipinski definition) is 3. The van der Waals surface area contributed by atoms with Crippen LogP contribution in [-0.4, -0.2) is 6.61 Å². The molecule has 0 aromatic heterocycles. The van der Waals surface area contributed by atoms with Crippen molar-refractivity contribution in [3.63, 3.8) is 0 Å². The molecule has 0 aliphatic rings. The van der Waals surface area contributed by atoms with Crippen molar-refractivity contribution >= 4 is 17.3 Å². The Balaban J connectivity index is 2.37. The van der Waals surface area contributed by atoms with Crippen LogP contribution >= 0.6 is 11.6 Å². The highest BCUT2D eigenvalue weighted by molar-refractivity contribution is 6.32. The van der Waals surface area contributed by atoms with Crippen LogP contribution in [0.25, 0.3) is 0 Å². The van der Waals surface area contributed by atoms with E-state index >= 15 is 0 Å². The topological polar surface area (TPSA) is 44.5 Å². The van der Waals surface area contributed by atoms with Crippen molar-refractivity contribution in [2.45, 2.75) is 13.8 Å². The zero-order valence-electron chi connectivity index (χ0n) is 11.2. The number of hydrogen-bond donors (Lipinski definition) is 1. The van der Waals surface area contributed by atoms with Gasteiger partial charge in [0.15, 0.2) is 17.3 Å². The second kappa shape index (κ2) is 6.01. The van der Waals surface area contributed by atoms with Crippen molar-refractivity contribution in [1.82, 2.24) is 0 Å². The maximum absolute atomic E-state index is 13.6. The minimum absolute atomic E-state index is 0.0977. The van der Waals surface area contributed by atoms with Crippen LogP contribution < -0.4 is 15.2 Å². The quantitative estimate of drug-likeness (QED) is 0.841. The van der Waals surface area contributed by atoms with Crippen molar-refractivity contribution in [3.8, 4) is 17.2 Å². The molecule has 0 aliphatic heterocycles. The molecule has 0 heterocycles. The fraction of sp³-hybridized carbons (Fsp3) is 0.200. The van der Waals surface area contributed by atoms with Crippen LogP contribution in [0.2, 0.25) is 5.02 Å². The third-order valence-corrected chi connectivity index (χ3v) is 2.98. The molecular weight excluding hydrogens is 281 g/mol. The average molecular weight is 296 g/mol. The maximum atomic E-state index is 13.6. The highest BCUT2D eigenvalue weighted by Gasteiger charge is 2.12. The number of benzene rings is 2. The van der Waals surface area contributed by atoms with Crippen LogP contribution in [-0.2, 0) is 0 Å². The molecule has 0 radical (unpaired) electrons. The third kappa shape index (κ3) is 3.14. The Hall–Kier alpha value is -1.94. The summed E-state index contributed by atoms with van der Waals surface area (Å²) < 4.78 is 24.5. The van der Waals surface area contributed by atoms with Gasteiger partial charge in [0.25, 0.3) is 0 Å². The summed E-state index contributed by atoms with van der Waals surface area (Å²) in [6.45, 7) is 4.04. The predicted octanol–water partition coefficient (Wildman–Crippen LogP) is 4.56. The molecule has 0 bridgehead atoms. The number of ether oxygens (including phenoxy) is 2. The molecule has 0 saturated heterocycles.